The van der Waals surface area contributed by atoms with E-state index in [1.54, 1.807) is 6.33 Å². The third-order valence-electron chi connectivity index (χ3n) is 3.23. The van der Waals surface area contributed by atoms with E-state index in [9.17, 15) is 0 Å². The van der Waals surface area contributed by atoms with Crippen LogP contribution in [0.5, 0.6) is 0 Å². The van der Waals surface area contributed by atoms with E-state index in [1.807, 2.05) is 18.5 Å². The van der Waals surface area contributed by atoms with Crippen LogP contribution in [0.1, 0.15) is 30.4 Å². The van der Waals surface area contributed by atoms with Gasteiger partial charge in [0.25, 0.3) is 0 Å². The largest absolute Gasteiger partial charge is 0.355 e. The molecule has 0 aromatic carbocycles. The van der Waals surface area contributed by atoms with Crippen LogP contribution in [0.3, 0.4) is 0 Å². The number of aryl methyl sites for hydroxylation is 2. The van der Waals surface area contributed by atoms with Crippen molar-refractivity contribution in [3.8, 4) is 0 Å². The molecule has 6 heteroatoms. The Morgan fingerprint density at radius 2 is 2.28 bits per heavy atom. The molecule has 1 aliphatic carbocycles. The molecule has 18 heavy (non-hydrogen) atoms. The number of nitrogens with one attached hydrogen (secondary N) is 1. The molecule has 0 amide bonds. The van der Waals surface area contributed by atoms with Crippen molar-refractivity contribution >= 4 is 5.95 Å². The topological polar surface area (TPSA) is 60.6 Å². The molecule has 0 unspecified atom stereocenters. The van der Waals surface area contributed by atoms with E-state index >= 15 is 0 Å². The van der Waals surface area contributed by atoms with Crippen LogP contribution >= 0.6 is 0 Å². The van der Waals surface area contributed by atoms with Crippen molar-refractivity contribution in [1.82, 2.24) is 24.3 Å². The molecule has 0 aliphatic heterocycles. The molecule has 2 aromatic rings. The van der Waals surface area contributed by atoms with E-state index in [-0.39, 0.29) is 0 Å². The summed E-state index contributed by atoms with van der Waals surface area (Å²) in [4.78, 5) is 4.52. The van der Waals surface area contributed by atoms with E-state index < -0.39 is 0 Å². The maximum absolute atomic E-state index is 4.52. The number of aromatic nitrogens is 5. The molecule has 0 atom stereocenters. The average Bonchev–Trinajstić information content (AvgIpc) is 3.01. The third kappa shape index (κ3) is 2.23. The smallest absolute Gasteiger partial charge is 0.203 e. The molecular formula is C12H18N6. The van der Waals surface area contributed by atoms with Crippen molar-refractivity contribution in [1.29, 1.82) is 0 Å². The molecule has 1 saturated carbocycles. The Labute approximate surface area is 106 Å². The summed E-state index contributed by atoms with van der Waals surface area (Å²) in [7, 11) is 1.96. The lowest BCUT2D eigenvalue weighted by Gasteiger charge is -2.08. The predicted molar refractivity (Wildman–Crippen MR) is 68.4 cm³/mol. The molecule has 2 aromatic heterocycles. The molecule has 2 heterocycles. The predicted octanol–water partition coefficient (Wildman–Crippen LogP) is 1.31. The van der Waals surface area contributed by atoms with Gasteiger partial charge in [0.2, 0.25) is 5.95 Å². The number of hydrogen-bond donors (Lipinski definition) is 1. The van der Waals surface area contributed by atoms with Crippen LogP contribution in [0.15, 0.2) is 12.5 Å². The Bertz CT molecular complexity index is 537. The summed E-state index contributed by atoms with van der Waals surface area (Å²) in [5.74, 6) is 1.97. The van der Waals surface area contributed by atoms with Gasteiger partial charge in [-0.15, -0.1) is 10.2 Å². The highest BCUT2D eigenvalue weighted by Gasteiger charge is 2.26. The SMILES string of the molecule is Cc1cn(C2CC2)c(NCCc2nncn2C)n1. The fourth-order valence-corrected chi connectivity index (χ4v) is 2.10. The second-order valence-electron chi connectivity index (χ2n) is 4.88. The Morgan fingerprint density at radius 1 is 1.44 bits per heavy atom. The molecule has 0 spiro atoms. The van der Waals surface area contributed by atoms with Crippen LogP contribution in [0.2, 0.25) is 0 Å². The van der Waals surface area contributed by atoms with Crippen LogP contribution in [0, 0.1) is 6.92 Å². The van der Waals surface area contributed by atoms with Crippen LogP contribution < -0.4 is 5.32 Å². The maximum atomic E-state index is 4.52. The van der Waals surface area contributed by atoms with Crippen LogP contribution in [0.25, 0.3) is 0 Å². The molecule has 96 valence electrons. The van der Waals surface area contributed by atoms with Gasteiger partial charge in [0.15, 0.2) is 0 Å². The van der Waals surface area contributed by atoms with Crippen LogP contribution in [-0.2, 0) is 13.5 Å². The Balaban J connectivity index is 1.61. The van der Waals surface area contributed by atoms with Gasteiger partial charge in [-0.1, -0.05) is 0 Å². The molecular weight excluding hydrogens is 228 g/mol. The maximum Gasteiger partial charge on any atom is 0.203 e. The van der Waals surface area contributed by atoms with Gasteiger partial charge in [0.1, 0.15) is 12.2 Å². The first-order chi connectivity index (χ1) is 8.74. The average molecular weight is 246 g/mol. The van der Waals surface area contributed by atoms with E-state index in [0.29, 0.717) is 6.04 Å². The lowest BCUT2D eigenvalue weighted by molar-refractivity contribution is 0.734. The molecule has 3 rings (SSSR count). The molecule has 1 fully saturated rings. The van der Waals surface area contributed by atoms with Crippen molar-refractivity contribution in [2.24, 2.45) is 7.05 Å². The van der Waals surface area contributed by atoms with E-state index in [1.165, 1.54) is 12.8 Å². The lowest BCUT2D eigenvalue weighted by atomic mass is 10.4. The zero-order valence-corrected chi connectivity index (χ0v) is 10.8. The Morgan fingerprint density at radius 3 is 2.94 bits per heavy atom. The lowest BCUT2D eigenvalue weighted by Crippen LogP contribution is -2.12. The molecule has 0 bridgehead atoms. The first kappa shape index (κ1) is 11.3. The highest BCUT2D eigenvalue weighted by molar-refractivity contribution is 5.30. The molecule has 1 N–H and O–H groups in total. The van der Waals surface area contributed by atoms with Crippen molar-refractivity contribution in [3.63, 3.8) is 0 Å². The van der Waals surface area contributed by atoms with Crippen molar-refractivity contribution in [2.45, 2.75) is 32.2 Å². The standard InChI is InChI=1S/C12H18N6/c1-9-7-18(10-3-4-10)12(15-9)13-6-5-11-16-14-8-17(11)2/h7-8,10H,3-6H2,1-2H3,(H,13,15). The zero-order valence-electron chi connectivity index (χ0n) is 10.8. The molecule has 0 radical (unpaired) electrons. The molecule has 1 aliphatic rings. The fourth-order valence-electron chi connectivity index (χ4n) is 2.10. The second kappa shape index (κ2) is 4.44. The van der Waals surface area contributed by atoms with Gasteiger partial charge in [-0.3, -0.25) is 0 Å². The number of anilines is 1. The van der Waals surface area contributed by atoms with Gasteiger partial charge in [0.05, 0.1) is 5.69 Å². The summed E-state index contributed by atoms with van der Waals surface area (Å²) < 4.78 is 4.20. The van der Waals surface area contributed by atoms with E-state index in [4.69, 9.17) is 0 Å². The van der Waals surface area contributed by atoms with Gasteiger partial charge in [-0.2, -0.15) is 0 Å². The van der Waals surface area contributed by atoms with E-state index in [0.717, 1.165) is 30.4 Å². The Hall–Kier alpha value is -1.85. The Kier molecular flexibility index (Phi) is 2.77. The van der Waals surface area contributed by atoms with Gasteiger partial charge >= 0.3 is 0 Å². The molecule has 0 saturated heterocycles. The fraction of sp³-hybridized carbons (Fsp3) is 0.583. The summed E-state index contributed by atoms with van der Waals surface area (Å²) in [5, 5.41) is 11.3. The minimum Gasteiger partial charge on any atom is -0.355 e. The number of hydrogen-bond acceptors (Lipinski definition) is 4. The number of imidazole rings is 1. The normalized spacial score (nSPS) is 15.0. The summed E-state index contributed by atoms with van der Waals surface area (Å²) in [6.45, 7) is 2.86. The van der Waals surface area contributed by atoms with Gasteiger partial charge in [-0.05, 0) is 19.8 Å². The first-order valence-electron chi connectivity index (χ1n) is 6.36. The summed E-state index contributed by atoms with van der Waals surface area (Å²) in [6, 6.07) is 0.656. The monoisotopic (exact) mass is 246 g/mol. The van der Waals surface area contributed by atoms with Crippen molar-refractivity contribution in [3.05, 3.63) is 24.0 Å². The first-order valence-corrected chi connectivity index (χ1v) is 6.36. The van der Waals surface area contributed by atoms with Gasteiger partial charge in [0, 0.05) is 32.3 Å². The van der Waals surface area contributed by atoms with Crippen molar-refractivity contribution in [2.75, 3.05) is 11.9 Å². The summed E-state index contributed by atoms with van der Waals surface area (Å²) >= 11 is 0. The quantitative estimate of drug-likeness (QED) is 0.864. The van der Waals surface area contributed by atoms with E-state index in [2.05, 4.69) is 31.3 Å². The summed E-state index contributed by atoms with van der Waals surface area (Å²) in [6.07, 6.45) is 7.25. The van der Waals surface area contributed by atoms with Crippen LogP contribution in [-0.4, -0.2) is 30.9 Å². The minimum atomic E-state index is 0.656. The molecule has 6 nitrogen and oxygen atoms in total. The van der Waals surface area contributed by atoms with Crippen molar-refractivity contribution < 1.29 is 0 Å². The third-order valence-corrected chi connectivity index (χ3v) is 3.23. The number of rotatable bonds is 5. The van der Waals surface area contributed by atoms with Gasteiger partial charge in [-0.25, -0.2) is 4.98 Å². The minimum absolute atomic E-state index is 0.656. The van der Waals surface area contributed by atoms with Gasteiger partial charge < -0.3 is 14.5 Å². The zero-order chi connectivity index (χ0) is 12.5. The van der Waals surface area contributed by atoms with Crippen LogP contribution in [0.4, 0.5) is 5.95 Å². The highest BCUT2D eigenvalue weighted by atomic mass is 15.3. The number of nitrogens with zero attached hydrogens (tertiary/aromatic N) is 5. The highest BCUT2D eigenvalue weighted by Crippen LogP contribution is 2.37. The second-order valence-corrected chi connectivity index (χ2v) is 4.88. The summed E-state index contributed by atoms with van der Waals surface area (Å²) in [5.41, 5.74) is 1.07.